The molecule has 0 heterocycles. The smallest absolute Gasteiger partial charge is 0.306 e. The molecule has 6 nitrogen and oxygen atoms in total. The summed E-state index contributed by atoms with van der Waals surface area (Å²) in [6.45, 7) is 6.63. The Morgan fingerprint density at radius 2 is 0.450 bits per heavy atom. The summed E-state index contributed by atoms with van der Waals surface area (Å²) in [6, 6.07) is 0. The lowest BCUT2D eigenvalue weighted by Crippen LogP contribution is -2.30. The first-order valence-electron chi connectivity index (χ1n) is 27.0. The molecule has 0 aliphatic rings. The lowest BCUT2D eigenvalue weighted by atomic mass is 10.0. The van der Waals surface area contributed by atoms with E-state index in [1.54, 1.807) is 0 Å². The summed E-state index contributed by atoms with van der Waals surface area (Å²) in [5, 5.41) is 0. The summed E-state index contributed by atoms with van der Waals surface area (Å²) in [7, 11) is 0. The average molecular weight is 849 g/mol. The molecule has 0 fully saturated rings. The number of unbranched alkanes of at least 4 members (excludes halogenated alkanes) is 39. The van der Waals surface area contributed by atoms with E-state index in [0.29, 0.717) is 19.3 Å². The van der Waals surface area contributed by atoms with Crippen molar-refractivity contribution in [1.82, 2.24) is 0 Å². The largest absolute Gasteiger partial charge is 0.462 e. The van der Waals surface area contributed by atoms with Gasteiger partial charge in [-0.25, -0.2) is 0 Å². The lowest BCUT2D eigenvalue weighted by molar-refractivity contribution is -0.167. The van der Waals surface area contributed by atoms with Gasteiger partial charge >= 0.3 is 17.9 Å². The van der Waals surface area contributed by atoms with Crippen molar-refractivity contribution in [3.8, 4) is 0 Å². The van der Waals surface area contributed by atoms with Crippen molar-refractivity contribution in [2.75, 3.05) is 13.2 Å². The maximum Gasteiger partial charge on any atom is 0.306 e. The van der Waals surface area contributed by atoms with E-state index in [4.69, 9.17) is 14.2 Å². The van der Waals surface area contributed by atoms with Crippen molar-refractivity contribution >= 4 is 17.9 Å². The van der Waals surface area contributed by atoms with Crippen molar-refractivity contribution < 1.29 is 28.6 Å². The van der Waals surface area contributed by atoms with Gasteiger partial charge in [0.15, 0.2) is 6.10 Å². The van der Waals surface area contributed by atoms with Crippen LogP contribution in [-0.4, -0.2) is 37.2 Å². The van der Waals surface area contributed by atoms with Crippen LogP contribution < -0.4 is 0 Å². The highest BCUT2D eigenvalue weighted by Crippen LogP contribution is 2.17. The minimum absolute atomic E-state index is 0.0626. The molecule has 60 heavy (non-hydrogen) atoms. The molecule has 6 heteroatoms. The van der Waals surface area contributed by atoms with Gasteiger partial charge in [-0.15, -0.1) is 0 Å². The van der Waals surface area contributed by atoms with E-state index in [9.17, 15) is 14.4 Å². The fraction of sp³-hybridized carbons (Fsp3) is 0.944. The van der Waals surface area contributed by atoms with Gasteiger partial charge in [0, 0.05) is 19.3 Å². The zero-order valence-corrected chi connectivity index (χ0v) is 40.8. The molecule has 0 saturated carbocycles. The molecule has 1 atom stereocenters. The van der Waals surface area contributed by atoms with Crippen LogP contribution in [0.2, 0.25) is 0 Å². The van der Waals surface area contributed by atoms with Crippen LogP contribution in [0, 0.1) is 0 Å². The Hall–Kier alpha value is -1.59. The van der Waals surface area contributed by atoms with Gasteiger partial charge in [-0.1, -0.05) is 271 Å². The molecule has 0 aromatic heterocycles. The third-order valence-corrected chi connectivity index (χ3v) is 12.4. The van der Waals surface area contributed by atoms with Crippen LogP contribution in [0.25, 0.3) is 0 Å². The number of carbonyl (C=O) groups is 3. The van der Waals surface area contributed by atoms with E-state index in [1.807, 2.05) is 0 Å². The summed E-state index contributed by atoms with van der Waals surface area (Å²) in [5.74, 6) is -0.851. The highest BCUT2D eigenvalue weighted by molar-refractivity contribution is 5.71. The van der Waals surface area contributed by atoms with E-state index in [2.05, 4.69) is 20.8 Å². The van der Waals surface area contributed by atoms with E-state index >= 15 is 0 Å². The molecule has 0 N–H and O–H groups in total. The molecule has 0 rings (SSSR count). The monoisotopic (exact) mass is 849 g/mol. The van der Waals surface area contributed by atoms with Crippen LogP contribution in [0.5, 0.6) is 0 Å². The molecule has 0 radical (unpaired) electrons. The second-order valence-corrected chi connectivity index (χ2v) is 18.5. The maximum atomic E-state index is 12.7. The lowest BCUT2D eigenvalue weighted by Gasteiger charge is -2.18. The van der Waals surface area contributed by atoms with Gasteiger partial charge in [-0.3, -0.25) is 14.4 Å². The first kappa shape index (κ1) is 58.4. The normalized spacial score (nSPS) is 11.8. The Morgan fingerprint density at radius 1 is 0.267 bits per heavy atom. The molecule has 0 aliphatic carbocycles. The predicted octanol–water partition coefficient (Wildman–Crippen LogP) is 17.6. The molecule has 0 aliphatic heterocycles. The maximum absolute atomic E-state index is 12.7. The van der Waals surface area contributed by atoms with Gasteiger partial charge < -0.3 is 14.2 Å². The standard InChI is InChI=1S/C54H104O6/c1-4-7-10-13-16-18-20-22-24-25-26-27-28-29-30-31-33-34-36-38-41-44-47-53(56)59-50-51(49-58-52(55)46-43-40-15-12-9-6-3)60-54(57)48-45-42-39-37-35-32-23-21-19-17-14-11-8-5-2/h51H,4-50H2,1-3H3. The third-order valence-electron chi connectivity index (χ3n) is 12.4. The van der Waals surface area contributed by atoms with E-state index in [-0.39, 0.29) is 31.1 Å². The molecule has 0 bridgehead atoms. The van der Waals surface area contributed by atoms with Gasteiger partial charge in [-0.05, 0) is 19.3 Å². The Bertz CT molecular complexity index is 889. The van der Waals surface area contributed by atoms with Gasteiger partial charge in [0.05, 0.1) is 0 Å². The zero-order valence-electron chi connectivity index (χ0n) is 40.8. The fourth-order valence-electron chi connectivity index (χ4n) is 8.27. The van der Waals surface area contributed by atoms with Crippen molar-refractivity contribution in [2.24, 2.45) is 0 Å². The van der Waals surface area contributed by atoms with Gasteiger partial charge in [0.2, 0.25) is 0 Å². The van der Waals surface area contributed by atoms with Crippen LogP contribution in [0.4, 0.5) is 0 Å². The third kappa shape index (κ3) is 47.5. The summed E-state index contributed by atoms with van der Waals surface area (Å²) in [6.07, 6.45) is 54.1. The molecule has 0 spiro atoms. The minimum Gasteiger partial charge on any atom is -0.462 e. The summed E-state index contributed by atoms with van der Waals surface area (Å²) < 4.78 is 16.7. The van der Waals surface area contributed by atoms with Crippen molar-refractivity contribution in [3.05, 3.63) is 0 Å². The van der Waals surface area contributed by atoms with Crippen molar-refractivity contribution in [3.63, 3.8) is 0 Å². The highest BCUT2D eigenvalue weighted by atomic mass is 16.6. The van der Waals surface area contributed by atoms with Gasteiger partial charge in [0.1, 0.15) is 13.2 Å². The SMILES string of the molecule is CCCCCCCCCCCCCCCCCCCCCCCCC(=O)OCC(COC(=O)CCCCCCCC)OC(=O)CCCCCCCCCCCCCCCC. The Labute approximate surface area is 374 Å². The summed E-state index contributed by atoms with van der Waals surface area (Å²) >= 11 is 0. The first-order chi connectivity index (χ1) is 29.5. The van der Waals surface area contributed by atoms with Crippen molar-refractivity contribution in [2.45, 2.75) is 316 Å². The number of hydrogen-bond donors (Lipinski definition) is 0. The molecular weight excluding hydrogens is 745 g/mol. The zero-order chi connectivity index (χ0) is 43.7. The summed E-state index contributed by atoms with van der Waals surface area (Å²) in [4.78, 5) is 37.7. The van der Waals surface area contributed by atoms with E-state index < -0.39 is 6.10 Å². The minimum atomic E-state index is -0.758. The molecule has 1 unspecified atom stereocenters. The van der Waals surface area contributed by atoms with E-state index in [1.165, 1.54) is 212 Å². The molecule has 356 valence electrons. The topological polar surface area (TPSA) is 78.9 Å². The van der Waals surface area contributed by atoms with E-state index in [0.717, 1.165) is 57.8 Å². The molecular formula is C54H104O6. The quantitative estimate of drug-likeness (QED) is 0.0345. The van der Waals surface area contributed by atoms with Crippen molar-refractivity contribution in [1.29, 1.82) is 0 Å². The van der Waals surface area contributed by atoms with Crippen LogP contribution in [0.3, 0.4) is 0 Å². The Morgan fingerprint density at radius 3 is 0.667 bits per heavy atom. The molecule has 0 amide bonds. The number of rotatable bonds is 50. The van der Waals surface area contributed by atoms with Crippen LogP contribution >= 0.6 is 0 Å². The average Bonchev–Trinajstić information content (AvgIpc) is 3.24. The predicted molar refractivity (Wildman–Crippen MR) is 257 cm³/mol. The number of esters is 3. The van der Waals surface area contributed by atoms with Gasteiger partial charge in [0.25, 0.3) is 0 Å². The Kier molecular flexibility index (Phi) is 48.7. The molecule has 0 saturated heterocycles. The molecule has 0 aromatic rings. The van der Waals surface area contributed by atoms with Crippen LogP contribution in [0.1, 0.15) is 310 Å². The van der Waals surface area contributed by atoms with Crippen LogP contribution in [-0.2, 0) is 28.6 Å². The highest BCUT2D eigenvalue weighted by Gasteiger charge is 2.19. The first-order valence-corrected chi connectivity index (χ1v) is 27.0. The Balaban J connectivity index is 4.07. The molecule has 0 aromatic carbocycles. The number of ether oxygens (including phenoxy) is 3. The fourth-order valence-corrected chi connectivity index (χ4v) is 8.27. The van der Waals surface area contributed by atoms with Crippen LogP contribution in [0.15, 0.2) is 0 Å². The second-order valence-electron chi connectivity index (χ2n) is 18.5. The van der Waals surface area contributed by atoms with Gasteiger partial charge in [-0.2, -0.15) is 0 Å². The number of carbonyl (C=O) groups excluding carboxylic acids is 3. The number of hydrogen-bond acceptors (Lipinski definition) is 6. The second kappa shape index (κ2) is 50.1. The summed E-state index contributed by atoms with van der Waals surface area (Å²) in [5.41, 5.74) is 0.